The average Bonchev–Trinajstić information content (AvgIpc) is 3.21. The molecule has 1 aromatic heterocycles. The minimum atomic E-state index is -0.217. The molecule has 1 heterocycles. The summed E-state index contributed by atoms with van der Waals surface area (Å²) in [5.74, 6) is 0.337. The molecular weight excluding hydrogens is 306 g/mol. The number of nitrogens with zero attached hydrogens (tertiary/aromatic N) is 2. The van der Waals surface area contributed by atoms with Gasteiger partial charge in [-0.15, -0.1) is 10.2 Å². The second-order valence-electron chi connectivity index (χ2n) is 5.05. The maximum absolute atomic E-state index is 11.8. The number of amides is 1. The monoisotopic (exact) mass is 319 g/mol. The van der Waals surface area contributed by atoms with Crippen molar-refractivity contribution in [1.29, 1.82) is 0 Å². The molecule has 1 aliphatic carbocycles. The zero-order valence-electron chi connectivity index (χ0n) is 11.5. The number of nitrogens with one attached hydrogen (secondary N) is 1. The maximum Gasteiger partial charge on any atom is 0.250 e. The molecule has 0 radical (unpaired) electrons. The van der Waals surface area contributed by atoms with Crippen molar-refractivity contribution >= 4 is 40.1 Å². The third kappa shape index (κ3) is 3.68. The van der Waals surface area contributed by atoms with E-state index in [1.54, 1.807) is 6.08 Å². The SMILES string of the molecule is Cc1ccc(C=CC(=O)Nc2nnc(C3CC3)s2)cc1Cl. The predicted octanol–water partition coefficient (Wildman–Crippen LogP) is 4.03. The van der Waals surface area contributed by atoms with Gasteiger partial charge in [0.1, 0.15) is 5.01 Å². The van der Waals surface area contributed by atoms with E-state index in [1.165, 1.54) is 30.3 Å². The van der Waals surface area contributed by atoms with E-state index in [9.17, 15) is 4.79 Å². The lowest BCUT2D eigenvalue weighted by Crippen LogP contribution is -2.07. The molecule has 2 aromatic rings. The first kappa shape index (κ1) is 14.2. The van der Waals surface area contributed by atoms with Gasteiger partial charge in [0.15, 0.2) is 0 Å². The molecule has 0 bridgehead atoms. The highest BCUT2D eigenvalue weighted by molar-refractivity contribution is 7.15. The summed E-state index contributed by atoms with van der Waals surface area (Å²) in [6.45, 7) is 1.94. The summed E-state index contributed by atoms with van der Waals surface area (Å²) in [6.07, 6.45) is 5.55. The maximum atomic E-state index is 11.8. The Balaban J connectivity index is 1.61. The van der Waals surface area contributed by atoms with Gasteiger partial charge in [-0.2, -0.15) is 0 Å². The highest BCUT2D eigenvalue weighted by atomic mass is 35.5. The molecule has 4 nitrogen and oxygen atoms in total. The van der Waals surface area contributed by atoms with E-state index < -0.39 is 0 Å². The molecular formula is C15H14ClN3OS. The lowest BCUT2D eigenvalue weighted by Gasteiger charge is -1.99. The molecule has 0 saturated heterocycles. The largest absolute Gasteiger partial charge is 0.297 e. The molecule has 108 valence electrons. The number of aryl methyl sites for hydroxylation is 1. The van der Waals surface area contributed by atoms with Crippen molar-refractivity contribution < 1.29 is 4.79 Å². The normalized spacial score (nSPS) is 14.6. The van der Waals surface area contributed by atoms with Crippen LogP contribution in [0.25, 0.3) is 6.08 Å². The lowest BCUT2D eigenvalue weighted by molar-refractivity contribution is -0.111. The third-order valence-corrected chi connectivity index (χ3v) is 4.63. The summed E-state index contributed by atoms with van der Waals surface area (Å²) in [7, 11) is 0. The molecule has 1 amide bonds. The Labute approximate surface area is 131 Å². The van der Waals surface area contributed by atoms with Crippen LogP contribution in [0.15, 0.2) is 24.3 Å². The van der Waals surface area contributed by atoms with Crippen molar-refractivity contribution in [3.05, 3.63) is 45.4 Å². The van der Waals surface area contributed by atoms with Gasteiger partial charge in [0.25, 0.3) is 0 Å². The van der Waals surface area contributed by atoms with Crippen molar-refractivity contribution in [2.24, 2.45) is 0 Å². The summed E-state index contributed by atoms with van der Waals surface area (Å²) >= 11 is 7.49. The van der Waals surface area contributed by atoms with Crippen LogP contribution in [0.4, 0.5) is 5.13 Å². The summed E-state index contributed by atoms with van der Waals surface area (Å²) in [4.78, 5) is 11.8. The van der Waals surface area contributed by atoms with Crippen LogP contribution in [0.2, 0.25) is 5.02 Å². The summed E-state index contributed by atoms with van der Waals surface area (Å²) in [5.41, 5.74) is 1.90. The number of benzene rings is 1. The third-order valence-electron chi connectivity index (χ3n) is 3.22. The Kier molecular flexibility index (Phi) is 4.03. The van der Waals surface area contributed by atoms with Crippen LogP contribution in [0.3, 0.4) is 0 Å². The molecule has 3 rings (SSSR count). The number of anilines is 1. The zero-order valence-corrected chi connectivity index (χ0v) is 13.0. The van der Waals surface area contributed by atoms with Gasteiger partial charge in [-0.1, -0.05) is 35.1 Å². The van der Waals surface area contributed by atoms with E-state index in [0.29, 0.717) is 16.1 Å². The van der Waals surface area contributed by atoms with Gasteiger partial charge in [-0.25, -0.2) is 0 Å². The lowest BCUT2D eigenvalue weighted by atomic mass is 10.1. The van der Waals surface area contributed by atoms with Gasteiger partial charge in [-0.05, 0) is 43.0 Å². The summed E-state index contributed by atoms with van der Waals surface area (Å²) < 4.78 is 0. The first-order valence-corrected chi connectivity index (χ1v) is 7.90. The van der Waals surface area contributed by atoms with Crippen LogP contribution in [-0.4, -0.2) is 16.1 Å². The molecule has 21 heavy (non-hydrogen) atoms. The summed E-state index contributed by atoms with van der Waals surface area (Å²) in [5, 5.41) is 13.0. The smallest absolute Gasteiger partial charge is 0.250 e. The van der Waals surface area contributed by atoms with Crippen molar-refractivity contribution in [2.75, 3.05) is 5.32 Å². The Morgan fingerprint density at radius 3 is 2.95 bits per heavy atom. The van der Waals surface area contributed by atoms with Crippen LogP contribution in [-0.2, 0) is 4.79 Å². The van der Waals surface area contributed by atoms with Crippen molar-refractivity contribution in [2.45, 2.75) is 25.7 Å². The molecule has 1 aromatic carbocycles. The molecule has 0 aliphatic heterocycles. The number of halogens is 1. The number of carbonyl (C=O) groups is 1. The van der Waals surface area contributed by atoms with Crippen molar-refractivity contribution in [1.82, 2.24) is 10.2 Å². The van der Waals surface area contributed by atoms with Crippen LogP contribution in [0, 0.1) is 6.92 Å². The van der Waals surface area contributed by atoms with Crippen molar-refractivity contribution in [3.63, 3.8) is 0 Å². The highest BCUT2D eigenvalue weighted by Gasteiger charge is 2.27. The van der Waals surface area contributed by atoms with Crippen LogP contribution >= 0.6 is 22.9 Å². The second kappa shape index (κ2) is 5.95. The Hall–Kier alpha value is -1.72. The average molecular weight is 320 g/mol. The van der Waals surface area contributed by atoms with Gasteiger partial charge in [0.05, 0.1) is 0 Å². The first-order valence-electron chi connectivity index (χ1n) is 6.70. The fourth-order valence-corrected chi connectivity index (χ4v) is 2.92. The number of hydrogen-bond donors (Lipinski definition) is 1. The topological polar surface area (TPSA) is 54.9 Å². The van der Waals surface area contributed by atoms with Crippen LogP contribution in [0.5, 0.6) is 0 Å². The van der Waals surface area contributed by atoms with E-state index in [2.05, 4.69) is 15.5 Å². The van der Waals surface area contributed by atoms with E-state index in [1.807, 2.05) is 25.1 Å². The molecule has 1 aliphatic rings. The molecule has 6 heteroatoms. The van der Waals surface area contributed by atoms with E-state index >= 15 is 0 Å². The fourth-order valence-electron chi connectivity index (χ4n) is 1.81. The minimum absolute atomic E-state index is 0.217. The van der Waals surface area contributed by atoms with E-state index in [4.69, 9.17) is 11.6 Å². The quantitative estimate of drug-likeness (QED) is 0.866. The molecule has 1 N–H and O–H groups in total. The summed E-state index contributed by atoms with van der Waals surface area (Å²) in [6, 6.07) is 5.67. The number of hydrogen-bond acceptors (Lipinski definition) is 4. The molecule has 0 spiro atoms. The standard InChI is InChI=1S/C15H14ClN3OS/c1-9-2-3-10(8-12(9)16)4-7-13(20)17-15-19-18-14(21-15)11-5-6-11/h2-4,7-8,11H,5-6H2,1H3,(H,17,19,20). The van der Waals surface area contributed by atoms with Gasteiger partial charge in [0, 0.05) is 17.0 Å². The Bertz CT molecular complexity index is 707. The molecule has 1 fully saturated rings. The fraction of sp³-hybridized carbons (Fsp3) is 0.267. The Morgan fingerprint density at radius 2 is 2.24 bits per heavy atom. The Morgan fingerprint density at radius 1 is 1.43 bits per heavy atom. The number of carbonyl (C=O) groups excluding carboxylic acids is 1. The minimum Gasteiger partial charge on any atom is -0.297 e. The van der Waals surface area contributed by atoms with Crippen molar-refractivity contribution in [3.8, 4) is 0 Å². The highest BCUT2D eigenvalue weighted by Crippen LogP contribution is 2.42. The van der Waals surface area contributed by atoms with Gasteiger partial charge >= 0.3 is 0 Å². The van der Waals surface area contributed by atoms with Crippen LogP contribution in [0.1, 0.15) is 34.9 Å². The molecule has 1 saturated carbocycles. The second-order valence-corrected chi connectivity index (χ2v) is 6.47. The van der Waals surface area contributed by atoms with Gasteiger partial charge in [0.2, 0.25) is 11.0 Å². The number of rotatable bonds is 4. The van der Waals surface area contributed by atoms with Gasteiger partial charge in [-0.3, -0.25) is 10.1 Å². The van der Waals surface area contributed by atoms with Crippen LogP contribution < -0.4 is 5.32 Å². The molecule has 0 unspecified atom stereocenters. The zero-order chi connectivity index (χ0) is 14.8. The predicted molar refractivity (Wildman–Crippen MR) is 85.7 cm³/mol. The molecule has 0 atom stereocenters. The number of aromatic nitrogens is 2. The first-order chi connectivity index (χ1) is 10.1. The van der Waals surface area contributed by atoms with Gasteiger partial charge < -0.3 is 0 Å². The van der Waals surface area contributed by atoms with E-state index in [0.717, 1.165) is 16.1 Å². The van der Waals surface area contributed by atoms with E-state index in [-0.39, 0.29) is 5.91 Å².